The lowest BCUT2D eigenvalue weighted by Gasteiger charge is -2.09. The molecule has 2 aromatic rings. The molecule has 0 spiro atoms. The molecule has 2 rings (SSSR count). The van der Waals surface area contributed by atoms with Gasteiger partial charge in [0, 0.05) is 12.6 Å². The minimum absolute atomic E-state index is 0.337. The van der Waals surface area contributed by atoms with Crippen molar-refractivity contribution in [1.82, 2.24) is 19.6 Å². The first-order valence-electron chi connectivity index (χ1n) is 4.45. The minimum Gasteiger partial charge on any atom is -0.392 e. The molecule has 2 heterocycles. The molecule has 7 heteroatoms. The van der Waals surface area contributed by atoms with Gasteiger partial charge in [-0.25, -0.2) is 0 Å². The highest BCUT2D eigenvalue weighted by molar-refractivity contribution is 6.29. The third-order valence-electron chi connectivity index (χ3n) is 1.80. The van der Waals surface area contributed by atoms with Crippen molar-refractivity contribution in [3.8, 4) is 0 Å². The quantitative estimate of drug-likeness (QED) is 0.750. The first kappa shape index (κ1) is 10.1. The van der Waals surface area contributed by atoms with E-state index in [4.69, 9.17) is 16.7 Å². The summed E-state index contributed by atoms with van der Waals surface area (Å²) in [6.07, 6.45) is 0.946. The molecule has 0 saturated heterocycles. The Balaban J connectivity index is 2.35. The summed E-state index contributed by atoms with van der Waals surface area (Å²) < 4.78 is 1.52. The summed E-state index contributed by atoms with van der Waals surface area (Å²) in [4.78, 5) is 7.90. The van der Waals surface area contributed by atoms with Gasteiger partial charge in [-0.15, -0.1) is 0 Å². The maximum absolute atomic E-state index is 9.15. The Bertz CT molecular complexity index is 469. The van der Waals surface area contributed by atoms with E-state index in [9.17, 15) is 0 Å². The smallest absolute Gasteiger partial charge is 0.255 e. The number of halogens is 1. The summed E-state index contributed by atoms with van der Waals surface area (Å²) in [5, 5.41) is 16.5. The lowest BCUT2D eigenvalue weighted by atomic mass is 10.4. The number of nitrogens with one attached hydrogen (secondary N) is 1. The Kier molecular flexibility index (Phi) is 2.70. The van der Waals surface area contributed by atoms with Crippen LogP contribution in [0.3, 0.4) is 0 Å². The van der Waals surface area contributed by atoms with Gasteiger partial charge in [-0.05, 0) is 6.92 Å². The zero-order valence-electron chi connectivity index (χ0n) is 8.05. The molecule has 2 aromatic heterocycles. The summed E-state index contributed by atoms with van der Waals surface area (Å²) in [6.45, 7) is 2.10. The van der Waals surface area contributed by atoms with Crippen LogP contribution in [-0.2, 0) is 0 Å². The summed E-state index contributed by atoms with van der Waals surface area (Å²) in [7, 11) is 0. The molecule has 6 nitrogen and oxygen atoms in total. The van der Waals surface area contributed by atoms with E-state index in [2.05, 4.69) is 20.4 Å². The van der Waals surface area contributed by atoms with E-state index in [-0.39, 0.29) is 0 Å². The van der Waals surface area contributed by atoms with Crippen LogP contribution in [0.25, 0.3) is 5.78 Å². The number of nitrogens with zero attached hydrogens (tertiary/aromatic N) is 4. The van der Waals surface area contributed by atoms with Crippen LogP contribution in [0, 0.1) is 0 Å². The van der Waals surface area contributed by atoms with E-state index >= 15 is 0 Å². The van der Waals surface area contributed by atoms with E-state index in [1.807, 2.05) is 0 Å². The van der Waals surface area contributed by atoms with E-state index in [1.165, 1.54) is 10.8 Å². The van der Waals surface area contributed by atoms with Gasteiger partial charge in [0.05, 0.1) is 6.10 Å². The highest BCUT2D eigenvalue weighted by atomic mass is 35.5. The molecule has 0 amide bonds. The minimum atomic E-state index is -0.449. The van der Waals surface area contributed by atoms with E-state index in [0.29, 0.717) is 23.3 Å². The number of aliphatic hydroxyl groups excluding tert-OH is 1. The normalized spacial score (nSPS) is 13.0. The first-order chi connectivity index (χ1) is 7.16. The number of hydrogen-bond acceptors (Lipinski definition) is 5. The Labute approximate surface area is 90.9 Å². The molecule has 15 heavy (non-hydrogen) atoms. The second-order valence-electron chi connectivity index (χ2n) is 3.17. The van der Waals surface area contributed by atoms with Crippen LogP contribution in [0.5, 0.6) is 0 Å². The maximum atomic E-state index is 9.15. The molecule has 0 bridgehead atoms. The first-order valence-corrected chi connectivity index (χ1v) is 4.83. The third-order valence-corrected chi connectivity index (χ3v) is 1.99. The van der Waals surface area contributed by atoms with Gasteiger partial charge in [0.1, 0.15) is 17.3 Å². The number of hydrogen-bond donors (Lipinski definition) is 2. The Morgan fingerprint density at radius 1 is 1.67 bits per heavy atom. The lowest BCUT2D eigenvalue weighted by molar-refractivity contribution is 0.208. The van der Waals surface area contributed by atoms with Gasteiger partial charge in [-0.3, -0.25) is 0 Å². The molecule has 1 atom stereocenters. The van der Waals surface area contributed by atoms with E-state index in [1.54, 1.807) is 13.0 Å². The largest absolute Gasteiger partial charge is 0.392 e. The number of fused-ring (bicyclic) bond motifs is 1. The predicted octanol–water partition coefficient (Wildman–Crippen LogP) is 0.570. The van der Waals surface area contributed by atoms with Crippen molar-refractivity contribution in [2.75, 3.05) is 11.9 Å². The average molecular weight is 228 g/mol. The molecule has 0 radical (unpaired) electrons. The zero-order valence-corrected chi connectivity index (χ0v) is 8.81. The fourth-order valence-electron chi connectivity index (χ4n) is 1.16. The van der Waals surface area contributed by atoms with Gasteiger partial charge in [-0.1, -0.05) is 11.6 Å². The van der Waals surface area contributed by atoms with Gasteiger partial charge >= 0.3 is 0 Å². The van der Waals surface area contributed by atoms with Crippen LogP contribution in [0.15, 0.2) is 12.4 Å². The maximum Gasteiger partial charge on any atom is 0.255 e. The van der Waals surface area contributed by atoms with Gasteiger partial charge < -0.3 is 10.4 Å². The molecule has 0 aromatic carbocycles. The van der Waals surface area contributed by atoms with Crippen molar-refractivity contribution < 1.29 is 5.11 Å². The van der Waals surface area contributed by atoms with Crippen LogP contribution in [0.4, 0.5) is 5.82 Å². The molecule has 80 valence electrons. The van der Waals surface area contributed by atoms with Crippen molar-refractivity contribution in [3.63, 3.8) is 0 Å². The van der Waals surface area contributed by atoms with Crippen molar-refractivity contribution in [2.45, 2.75) is 13.0 Å². The monoisotopic (exact) mass is 227 g/mol. The van der Waals surface area contributed by atoms with Gasteiger partial charge in [0.2, 0.25) is 0 Å². The summed E-state index contributed by atoms with van der Waals surface area (Å²) >= 11 is 5.80. The Morgan fingerprint density at radius 3 is 3.20 bits per heavy atom. The zero-order chi connectivity index (χ0) is 10.8. The van der Waals surface area contributed by atoms with Crippen molar-refractivity contribution in [2.24, 2.45) is 0 Å². The SMILES string of the molecule is CC(O)CNc1cc(Cl)nc2ncnn12. The second kappa shape index (κ2) is 4.00. The predicted molar refractivity (Wildman–Crippen MR) is 56.0 cm³/mol. The molecule has 0 aliphatic carbocycles. The van der Waals surface area contributed by atoms with Gasteiger partial charge in [0.15, 0.2) is 0 Å². The van der Waals surface area contributed by atoms with Gasteiger partial charge in [0.25, 0.3) is 5.78 Å². The van der Waals surface area contributed by atoms with Crippen molar-refractivity contribution in [3.05, 3.63) is 17.5 Å². The Hall–Kier alpha value is -1.40. The van der Waals surface area contributed by atoms with Crippen molar-refractivity contribution in [1.29, 1.82) is 0 Å². The van der Waals surface area contributed by atoms with Crippen molar-refractivity contribution >= 4 is 23.2 Å². The fourth-order valence-corrected chi connectivity index (χ4v) is 1.34. The van der Waals surface area contributed by atoms with Gasteiger partial charge in [-0.2, -0.15) is 19.6 Å². The molecule has 0 fully saturated rings. The van der Waals surface area contributed by atoms with Crippen LogP contribution >= 0.6 is 11.6 Å². The summed E-state index contributed by atoms with van der Waals surface area (Å²) in [5.41, 5.74) is 0. The lowest BCUT2D eigenvalue weighted by Crippen LogP contribution is -2.17. The molecule has 0 aliphatic rings. The number of aromatic nitrogens is 4. The average Bonchev–Trinajstić information content (AvgIpc) is 2.61. The highest BCUT2D eigenvalue weighted by Crippen LogP contribution is 2.14. The molecule has 2 N–H and O–H groups in total. The highest BCUT2D eigenvalue weighted by Gasteiger charge is 2.06. The van der Waals surface area contributed by atoms with Crippen LogP contribution in [0.2, 0.25) is 5.15 Å². The fraction of sp³-hybridized carbons (Fsp3) is 0.375. The van der Waals surface area contributed by atoms with Crippen LogP contribution in [0.1, 0.15) is 6.92 Å². The third kappa shape index (κ3) is 2.16. The topological polar surface area (TPSA) is 75.3 Å². The standard InChI is InChI=1S/C8H10ClN5O/c1-5(15)3-10-7-2-6(9)13-8-11-4-12-14(7)8/h2,4-5,10,15H,3H2,1H3. The number of anilines is 1. The molecular formula is C8H10ClN5O. The molecule has 0 aliphatic heterocycles. The van der Waals surface area contributed by atoms with E-state index < -0.39 is 6.10 Å². The number of aliphatic hydroxyl groups is 1. The summed E-state index contributed by atoms with van der Waals surface area (Å²) in [6, 6.07) is 1.63. The second-order valence-corrected chi connectivity index (χ2v) is 3.55. The summed E-state index contributed by atoms with van der Waals surface area (Å²) in [5.74, 6) is 1.08. The molecule has 0 saturated carbocycles. The van der Waals surface area contributed by atoms with Crippen LogP contribution < -0.4 is 5.32 Å². The number of rotatable bonds is 3. The molecule has 1 unspecified atom stereocenters. The molecular weight excluding hydrogens is 218 g/mol. The van der Waals surface area contributed by atoms with Crippen LogP contribution in [-0.4, -0.2) is 37.3 Å². The Morgan fingerprint density at radius 2 is 2.47 bits per heavy atom. The van der Waals surface area contributed by atoms with E-state index in [0.717, 1.165) is 0 Å².